The summed E-state index contributed by atoms with van der Waals surface area (Å²) in [6.07, 6.45) is 1.18. The molecule has 0 aromatic carbocycles. The average Bonchev–Trinajstić information content (AvgIpc) is 2.81. The van der Waals surface area contributed by atoms with Gasteiger partial charge in [0.2, 0.25) is 0 Å². The van der Waals surface area contributed by atoms with Gasteiger partial charge in [-0.3, -0.25) is 14.4 Å². The van der Waals surface area contributed by atoms with Gasteiger partial charge in [0, 0.05) is 32.7 Å². The van der Waals surface area contributed by atoms with Crippen LogP contribution >= 0.6 is 0 Å². The summed E-state index contributed by atoms with van der Waals surface area (Å²) in [5.74, 6) is -1.58. The monoisotopic (exact) mass is 296 g/mol. The third kappa shape index (κ3) is 3.79. The van der Waals surface area contributed by atoms with Crippen molar-refractivity contribution in [1.29, 1.82) is 0 Å². The molecule has 2 N–H and O–H groups in total. The van der Waals surface area contributed by atoms with Crippen LogP contribution in [-0.2, 0) is 11.8 Å². The third-order valence-corrected chi connectivity index (χ3v) is 3.40. The van der Waals surface area contributed by atoms with E-state index in [0.29, 0.717) is 19.8 Å². The Morgan fingerprint density at radius 2 is 2.14 bits per heavy atom. The van der Waals surface area contributed by atoms with Crippen molar-refractivity contribution in [3.8, 4) is 0 Å². The Hall–Kier alpha value is -1.93. The number of aromatic nitrogens is 2. The van der Waals surface area contributed by atoms with E-state index < -0.39 is 11.9 Å². The molecular formula is C13H20N4O4. The SMILES string of the molecule is C[C@H](CN1CCOCC1)NC(=O)c1c(C(=O)O)cnn1C. The van der Waals surface area contributed by atoms with E-state index in [1.807, 2.05) is 6.92 Å². The summed E-state index contributed by atoms with van der Waals surface area (Å²) >= 11 is 0. The maximum Gasteiger partial charge on any atom is 0.339 e. The van der Waals surface area contributed by atoms with Crippen LogP contribution in [0, 0.1) is 0 Å². The zero-order valence-electron chi connectivity index (χ0n) is 12.2. The molecule has 0 spiro atoms. The fourth-order valence-electron chi connectivity index (χ4n) is 2.37. The van der Waals surface area contributed by atoms with Crippen LogP contribution in [0.5, 0.6) is 0 Å². The minimum Gasteiger partial charge on any atom is -0.478 e. The van der Waals surface area contributed by atoms with Crippen molar-refractivity contribution in [2.75, 3.05) is 32.8 Å². The number of aromatic carboxylic acids is 1. The zero-order chi connectivity index (χ0) is 15.4. The molecule has 2 heterocycles. The topological polar surface area (TPSA) is 96.7 Å². The molecule has 0 bridgehead atoms. The van der Waals surface area contributed by atoms with Gasteiger partial charge in [-0.1, -0.05) is 0 Å². The molecule has 0 unspecified atom stereocenters. The number of amides is 1. The van der Waals surface area contributed by atoms with Gasteiger partial charge in [-0.25, -0.2) is 4.79 Å². The van der Waals surface area contributed by atoms with E-state index in [4.69, 9.17) is 9.84 Å². The van der Waals surface area contributed by atoms with E-state index in [1.165, 1.54) is 10.9 Å². The number of aryl methyl sites for hydroxylation is 1. The average molecular weight is 296 g/mol. The molecule has 116 valence electrons. The fourth-order valence-corrected chi connectivity index (χ4v) is 2.37. The largest absolute Gasteiger partial charge is 0.478 e. The van der Waals surface area contributed by atoms with E-state index in [-0.39, 0.29) is 17.3 Å². The van der Waals surface area contributed by atoms with Gasteiger partial charge >= 0.3 is 5.97 Å². The molecule has 1 saturated heterocycles. The van der Waals surface area contributed by atoms with Gasteiger partial charge in [0.25, 0.3) is 5.91 Å². The van der Waals surface area contributed by atoms with Crippen LogP contribution in [-0.4, -0.2) is 70.6 Å². The predicted octanol–water partition coefficient (Wildman–Crippen LogP) is -0.431. The summed E-state index contributed by atoms with van der Waals surface area (Å²) in [6.45, 7) is 5.68. The second-order valence-corrected chi connectivity index (χ2v) is 5.12. The number of hydrogen-bond donors (Lipinski definition) is 2. The molecule has 1 aliphatic rings. The van der Waals surface area contributed by atoms with Crippen molar-refractivity contribution in [1.82, 2.24) is 20.0 Å². The van der Waals surface area contributed by atoms with Crippen molar-refractivity contribution in [3.63, 3.8) is 0 Å². The molecule has 1 atom stereocenters. The predicted molar refractivity (Wildman–Crippen MR) is 74.4 cm³/mol. The molecule has 1 fully saturated rings. The molecule has 1 aromatic heterocycles. The van der Waals surface area contributed by atoms with Gasteiger partial charge in [0.15, 0.2) is 0 Å². The number of carbonyl (C=O) groups excluding carboxylic acids is 1. The van der Waals surface area contributed by atoms with Crippen molar-refractivity contribution in [2.45, 2.75) is 13.0 Å². The summed E-state index contributed by atoms with van der Waals surface area (Å²) in [7, 11) is 1.55. The van der Waals surface area contributed by atoms with Gasteiger partial charge in [-0.15, -0.1) is 0 Å². The molecule has 21 heavy (non-hydrogen) atoms. The highest BCUT2D eigenvalue weighted by Gasteiger charge is 2.23. The lowest BCUT2D eigenvalue weighted by atomic mass is 10.2. The van der Waals surface area contributed by atoms with E-state index in [9.17, 15) is 9.59 Å². The number of ether oxygens (including phenoxy) is 1. The third-order valence-electron chi connectivity index (χ3n) is 3.40. The summed E-state index contributed by atoms with van der Waals surface area (Å²) < 4.78 is 6.55. The molecule has 1 aromatic rings. The van der Waals surface area contributed by atoms with Crippen molar-refractivity contribution >= 4 is 11.9 Å². The number of carbonyl (C=O) groups is 2. The molecule has 0 aliphatic carbocycles. The van der Waals surface area contributed by atoms with Crippen LogP contribution in [0.3, 0.4) is 0 Å². The minimum atomic E-state index is -1.16. The first-order chi connectivity index (χ1) is 9.99. The second-order valence-electron chi connectivity index (χ2n) is 5.12. The first kappa shape index (κ1) is 15.5. The van der Waals surface area contributed by atoms with Gasteiger partial charge in [-0.05, 0) is 6.92 Å². The normalized spacial score (nSPS) is 17.4. The van der Waals surface area contributed by atoms with E-state index in [1.54, 1.807) is 7.05 Å². The number of rotatable bonds is 5. The molecule has 1 aliphatic heterocycles. The first-order valence-electron chi connectivity index (χ1n) is 6.85. The van der Waals surface area contributed by atoms with E-state index in [0.717, 1.165) is 13.1 Å². The second kappa shape index (κ2) is 6.68. The summed E-state index contributed by atoms with van der Waals surface area (Å²) in [5, 5.41) is 15.7. The van der Waals surface area contributed by atoms with Crippen LogP contribution in [0.2, 0.25) is 0 Å². The summed E-state index contributed by atoms with van der Waals surface area (Å²) in [5.41, 5.74) is -0.0232. The Bertz CT molecular complexity index is 522. The highest BCUT2D eigenvalue weighted by Crippen LogP contribution is 2.08. The first-order valence-corrected chi connectivity index (χ1v) is 6.85. The maximum absolute atomic E-state index is 12.2. The zero-order valence-corrected chi connectivity index (χ0v) is 12.2. The highest BCUT2D eigenvalue weighted by molar-refractivity contribution is 6.03. The number of nitrogens with zero attached hydrogens (tertiary/aromatic N) is 3. The summed E-state index contributed by atoms with van der Waals surface area (Å²) in [4.78, 5) is 25.5. The number of hydrogen-bond acceptors (Lipinski definition) is 5. The van der Waals surface area contributed by atoms with Gasteiger partial charge in [0.05, 0.1) is 19.4 Å². The molecule has 0 saturated carbocycles. The van der Waals surface area contributed by atoms with Crippen LogP contribution in [0.4, 0.5) is 0 Å². The minimum absolute atomic E-state index is 0.0660. The van der Waals surface area contributed by atoms with E-state index >= 15 is 0 Å². The molecule has 8 heteroatoms. The van der Waals surface area contributed by atoms with Gasteiger partial charge in [0.1, 0.15) is 11.3 Å². The molecule has 0 radical (unpaired) electrons. The molecule has 2 rings (SSSR count). The van der Waals surface area contributed by atoms with Crippen molar-refractivity contribution in [2.24, 2.45) is 7.05 Å². The lowest BCUT2D eigenvalue weighted by Crippen LogP contribution is -2.46. The van der Waals surface area contributed by atoms with Gasteiger partial charge in [-0.2, -0.15) is 5.10 Å². The Morgan fingerprint density at radius 3 is 2.76 bits per heavy atom. The number of carboxylic acid groups (broad SMARTS) is 1. The van der Waals surface area contributed by atoms with Gasteiger partial charge < -0.3 is 15.2 Å². The van der Waals surface area contributed by atoms with Crippen molar-refractivity contribution in [3.05, 3.63) is 17.5 Å². The number of nitrogens with one attached hydrogen (secondary N) is 1. The molecule has 8 nitrogen and oxygen atoms in total. The van der Waals surface area contributed by atoms with Crippen molar-refractivity contribution < 1.29 is 19.4 Å². The standard InChI is InChI=1S/C13H20N4O4/c1-9(8-17-3-5-21-6-4-17)15-12(18)11-10(13(19)20)7-14-16(11)2/h7,9H,3-6,8H2,1-2H3,(H,15,18)(H,19,20)/t9-/m1/s1. The number of carboxylic acids is 1. The molecule has 1 amide bonds. The quantitative estimate of drug-likeness (QED) is 0.765. The highest BCUT2D eigenvalue weighted by atomic mass is 16.5. The van der Waals surface area contributed by atoms with Crippen LogP contribution < -0.4 is 5.32 Å². The Kier molecular flexibility index (Phi) is 4.92. The van der Waals surface area contributed by atoms with Crippen LogP contribution in [0.1, 0.15) is 27.8 Å². The van der Waals surface area contributed by atoms with E-state index in [2.05, 4.69) is 15.3 Å². The number of morpholine rings is 1. The van der Waals surface area contributed by atoms with Crippen LogP contribution in [0.15, 0.2) is 6.20 Å². The lowest BCUT2D eigenvalue weighted by molar-refractivity contribution is 0.0342. The Balaban J connectivity index is 1.97. The summed E-state index contributed by atoms with van der Waals surface area (Å²) in [6, 6.07) is -0.0906. The van der Waals surface area contributed by atoms with Crippen LogP contribution in [0.25, 0.3) is 0 Å². The lowest BCUT2D eigenvalue weighted by Gasteiger charge is -2.29. The Labute approximate surface area is 122 Å². The fraction of sp³-hybridized carbons (Fsp3) is 0.615. The maximum atomic E-state index is 12.2. The Morgan fingerprint density at radius 1 is 1.48 bits per heavy atom. The molecular weight excluding hydrogens is 276 g/mol. The smallest absolute Gasteiger partial charge is 0.339 e.